The van der Waals surface area contributed by atoms with Crippen LogP contribution in [0.4, 0.5) is 0 Å². The third kappa shape index (κ3) is 3.39. The molecule has 1 heterocycles. The van der Waals surface area contributed by atoms with Crippen LogP contribution in [0.3, 0.4) is 0 Å². The maximum absolute atomic E-state index is 12.9. The van der Waals surface area contributed by atoms with E-state index in [4.69, 9.17) is 4.74 Å². The minimum absolute atomic E-state index is 0.0164. The van der Waals surface area contributed by atoms with Gasteiger partial charge in [0, 0.05) is 24.2 Å². The summed E-state index contributed by atoms with van der Waals surface area (Å²) in [5.41, 5.74) is 2.59. The molecule has 1 atom stereocenters. The van der Waals surface area contributed by atoms with Gasteiger partial charge in [-0.25, -0.2) is 0 Å². The number of carbonyl (C=O) groups excluding carboxylic acids is 2. The zero-order valence-corrected chi connectivity index (χ0v) is 14.0. The number of ketones is 1. The average molecular weight is 323 g/mol. The van der Waals surface area contributed by atoms with Gasteiger partial charge >= 0.3 is 0 Å². The summed E-state index contributed by atoms with van der Waals surface area (Å²) in [5, 5.41) is 0. The number of morpholine rings is 1. The van der Waals surface area contributed by atoms with E-state index in [1.54, 1.807) is 41.3 Å². The Morgan fingerprint density at radius 1 is 1.04 bits per heavy atom. The normalized spacial score (nSPS) is 17.6. The van der Waals surface area contributed by atoms with Gasteiger partial charge in [0.25, 0.3) is 5.91 Å². The fourth-order valence-corrected chi connectivity index (χ4v) is 2.90. The minimum Gasteiger partial charge on any atom is -0.375 e. The number of hydrogen-bond acceptors (Lipinski definition) is 3. The Bertz CT molecular complexity index is 752. The van der Waals surface area contributed by atoms with Crippen molar-refractivity contribution in [1.82, 2.24) is 4.90 Å². The van der Waals surface area contributed by atoms with Gasteiger partial charge in [-0.15, -0.1) is 0 Å². The number of ether oxygens (including phenoxy) is 1. The second kappa shape index (κ2) is 6.97. The number of rotatable bonds is 3. The van der Waals surface area contributed by atoms with E-state index in [9.17, 15) is 9.59 Å². The molecule has 2 aromatic rings. The highest BCUT2D eigenvalue weighted by molar-refractivity contribution is 6.15. The van der Waals surface area contributed by atoms with Gasteiger partial charge in [0.05, 0.1) is 18.3 Å². The van der Waals surface area contributed by atoms with Gasteiger partial charge in [0.15, 0.2) is 5.78 Å². The zero-order valence-electron chi connectivity index (χ0n) is 14.0. The molecule has 0 bridgehead atoms. The summed E-state index contributed by atoms with van der Waals surface area (Å²) < 4.78 is 5.49. The molecule has 1 saturated heterocycles. The van der Waals surface area contributed by atoms with Gasteiger partial charge in [-0.05, 0) is 19.9 Å². The number of nitrogens with zero attached hydrogens (tertiary/aromatic N) is 1. The molecule has 4 nitrogen and oxygen atoms in total. The summed E-state index contributed by atoms with van der Waals surface area (Å²) in [6, 6.07) is 14.4. The second-order valence-corrected chi connectivity index (χ2v) is 6.17. The van der Waals surface area contributed by atoms with Crippen molar-refractivity contribution in [2.45, 2.75) is 20.0 Å². The van der Waals surface area contributed by atoms with Crippen molar-refractivity contribution in [2.75, 3.05) is 19.7 Å². The maximum atomic E-state index is 12.9. The van der Waals surface area contributed by atoms with E-state index in [1.165, 1.54) is 0 Å². The second-order valence-electron chi connectivity index (χ2n) is 6.17. The minimum atomic E-state index is -0.125. The van der Waals surface area contributed by atoms with Gasteiger partial charge in [-0.1, -0.05) is 48.0 Å². The van der Waals surface area contributed by atoms with Gasteiger partial charge < -0.3 is 9.64 Å². The first-order valence-corrected chi connectivity index (χ1v) is 8.17. The van der Waals surface area contributed by atoms with E-state index in [1.807, 2.05) is 26.0 Å². The van der Waals surface area contributed by atoms with Crippen LogP contribution in [0.25, 0.3) is 0 Å². The van der Waals surface area contributed by atoms with Crippen LogP contribution >= 0.6 is 0 Å². The van der Waals surface area contributed by atoms with E-state index in [2.05, 4.69) is 0 Å². The van der Waals surface area contributed by atoms with Crippen molar-refractivity contribution in [1.29, 1.82) is 0 Å². The molecule has 0 aliphatic carbocycles. The lowest BCUT2D eigenvalue weighted by Crippen LogP contribution is -2.44. The third-order valence-electron chi connectivity index (χ3n) is 4.24. The highest BCUT2D eigenvalue weighted by Crippen LogP contribution is 2.18. The third-order valence-corrected chi connectivity index (χ3v) is 4.24. The van der Waals surface area contributed by atoms with E-state index >= 15 is 0 Å². The van der Waals surface area contributed by atoms with Crippen molar-refractivity contribution >= 4 is 11.7 Å². The maximum Gasteiger partial charge on any atom is 0.254 e. The average Bonchev–Trinajstić information content (AvgIpc) is 2.61. The Hall–Kier alpha value is -2.46. The molecule has 0 spiro atoms. The number of amides is 1. The highest BCUT2D eigenvalue weighted by atomic mass is 16.5. The summed E-state index contributed by atoms with van der Waals surface area (Å²) in [6.45, 7) is 5.55. The number of hydrogen-bond donors (Lipinski definition) is 0. The SMILES string of the molecule is Cc1ccc(C(=O)c2ccccc2C(=O)N2CCOC(C)C2)cc1. The van der Waals surface area contributed by atoms with E-state index in [0.29, 0.717) is 36.4 Å². The molecule has 1 aliphatic rings. The van der Waals surface area contributed by atoms with E-state index in [0.717, 1.165) is 5.56 Å². The molecule has 4 heteroatoms. The summed E-state index contributed by atoms with van der Waals surface area (Å²) in [4.78, 5) is 27.5. The van der Waals surface area contributed by atoms with Gasteiger partial charge in [-0.2, -0.15) is 0 Å². The first kappa shape index (κ1) is 16.4. The number of carbonyl (C=O) groups is 2. The lowest BCUT2D eigenvalue weighted by Gasteiger charge is -2.31. The molecular weight excluding hydrogens is 302 g/mol. The molecule has 0 aromatic heterocycles. The fraction of sp³-hybridized carbons (Fsp3) is 0.300. The van der Waals surface area contributed by atoms with Crippen LogP contribution in [0.5, 0.6) is 0 Å². The molecule has 1 fully saturated rings. The Morgan fingerprint density at radius 3 is 2.38 bits per heavy atom. The quantitative estimate of drug-likeness (QED) is 0.816. The topological polar surface area (TPSA) is 46.6 Å². The Labute approximate surface area is 142 Å². The van der Waals surface area contributed by atoms with Crippen LogP contribution in [-0.2, 0) is 4.74 Å². The van der Waals surface area contributed by atoms with Crippen LogP contribution in [-0.4, -0.2) is 42.4 Å². The molecule has 1 aliphatic heterocycles. The predicted molar refractivity (Wildman–Crippen MR) is 92.4 cm³/mol. The molecule has 1 unspecified atom stereocenters. The van der Waals surface area contributed by atoms with Crippen LogP contribution < -0.4 is 0 Å². The zero-order chi connectivity index (χ0) is 17.1. The molecule has 3 rings (SSSR count). The molecule has 2 aromatic carbocycles. The number of benzene rings is 2. The van der Waals surface area contributed by atoms with Crippen molar-refractivity contribution in [3.8, 4) is 0 Å². The van der Waals surface area contributed by atoms with Crippen molar-refractivity contribution in [2.24, 2.45) is 0 Å². The molecular formula is C20H21NO3. The standard InChI is InChI=1S/C20H21NO3/c1-14-7-9-16(10-8-14)19(22)17-5-3-4-6-18(17)20(23)21-11-12-24-15(2)13-21/h3-10,15H,11-13H2,1-2H3. The first-order chi connectivity index (χ1) is 11.6. The Kier molecular flexibility index (Phi) is 4.76. The largest absolute Gasteiger partial charge is 0.375 e. The van der Waals surface area contributed by atoms with Gasteiger partial charge in [-0.3, -0.25) is 9.59 Å². The molecule has 124 valence electrons. The molecule has 0 saturated carbocycles. The highest BCUT2D eigenvalue weighted by Gasteiger charge is 2.26. The molecule has 0 N–H and O–H groups in total. The van der Waals surface area contributed by atoms with Crippen LogP contribution in [0.2, 0.25) is 0 Å². The van der Waals surface area contributed by atoms with Gasteiger partial charge in [0.2, 0.25) is 0 Å². The summed E-state index contributed by atoms with van der Waals surface area (Å²) in [6.07, 6.45) is 0.0164. The smallest absolute Gasteiger partial charge is 0.254 e. The van der Waals surface area contributed by atoms with Gasteiger partial charge in [0.1, 0.15) is 0 Å². The lowest BCUT2D eigenvalue weighted by atomic mass is 9.97. The fourth-order valence-electron chi connectivity index (χ4n) is 2.90. The van der Waals surface area contributed by atoms with Crippen LogP contribution in [0, 0.1) is 6.92 Å². The Balaban J connectivity index is 1.91. The lowest BCUT2D eigenvalue weighted by molar-refractivity contribution is -0.0124. The summed E-state index contributed by atoms with van der Waals surface area (Å²) >= 11 is 0. The van der Waals surface area contributed by atoms with E-state index in [-0.39, 0.29) is 17.8 Å². The first-order valence-electron chi connectivity index (χ1n) is 8.17. The van der Waals surface area contributed by atoms with Crippen molar-refractivity contribution in [3.63, 3.8) is 0 Å². The molecule has 24 heavy (non-hydrogen) atoms. The molecule has 0 radical (unpaired) electrons. The van der Waals surface area contributed by atoms with Crippen molar-refractivity contribution < 1.29 is 14.3 Å². The number of aryl methyl sites for hydroxylation is 1. The predicted octanol–water partition coefficient (Wildman–Crippen LogP) is 3.09. The monoisotopic (exact) mass is 323 g/mol. The van der Waals surface area contributed by atoms with E-state index < -0.39 is 0 Å². The van der Waals surface area contributed by atoms with Crippen molar-refractivity contribution in [3.05, 3.63) is 70.8 Å². The van der Waals surface area contributed by atoms with Crippen LogP contribution in [0.1, 0.15) is 38.8 Å². The van der Waals surface area contributed by atoms with Crippen LogP contribution in [0.15, 0.2) is 48.5 Å². The summed E-state index contributed by atoms with van der Waals surface area (Å²) in [5.74, 6) is -0.235. The molecule has 1 amide bonds. The Morgan fingerprint density at radius 2 is 1.71 bits per heavy atom. The summed E-state index contributed by atoms with van der Waals surface area (Å²) in [7, 11) is 0.